The average molecular weight is 789 g/mol. The monoisotopic (exact) mass is 788 g/mol. The first kappa shape index (κ1) is 38.6. The Morgan fingerprint density at radius 2 is 1.87 bits per heavy atom. The van der Waals surface area contributed by atoms with Gasteiger partial charge in [-0.2, -0.15) is 18.2 Å². The van der Waals surface area contributed by atoms with E-state index in [2.05, 4.69) is 20.3 Å². The van der Waals surface area contributed by atoms with Crippen molar-refractivity contribution >= 4 is 44.5 Å². The molecular formula is C38H44F4N6O6S. The Morgan fingerprint density at radius 1 is 1.11 bits per heavy atom. The van der Waals surface area contributed by atoms with Gasteiger partial charge >= 0.3 is 6.18 Å². The first-order chi connectivity index (χ1) is 26.0. The fourth-order valence-electron chi connectivity index (χ4n) is 7.58. The summed E-state index contributed by atoms with van der Waals surface area (Å²) in [6.07, 6.45) is 1.50. The Bertz CT molecular complexity index is 2140. The fourth-order valence-corrected chi connectivity index (χ4v) is 8.89. The van der Waals surface area contributed by atoms with Crippen LogP contribution in [0.3, 0.4) is 0 Å². The maximum Gasteiger partial charge on any atom is 0.419 e. The summed E-state index contributed by atoms with van der Waals surface area (Å²) in [6, 6.07) is 7.79. The number of imidazole rings is 1. The average Bonchev–Trinajstić information content (AvgIpc) is 3.96. The minimum Gasteiger partial charge on any atom is -0.459 e. The first-order valence-corrected chi connectivity index (χ1v) is 20.1. The van der Waals surface area contributed by atoms with Gasteiger partial charge in [-0.15, -0.1) is 0 Å². The van der Waals surface area contributed by atoms with E-state index in [0.29, 0.717) is 62.7 Å². The van der Waals surface area contributed by atoms with Crippen molar-refractivity contribution in [3.05, 3.63) is 66.0 Å². The number of fused-ring (bicyclic) bond motifs is 3. The lowest BCUT2D eigenvalue weighted by Crippen LogP contribution is -2.58. The van der Waals surface area contributed by atoms with E-state index in [9.17, 15) is 40.4 Å². The number of halogens is 4. The highest BCUT2D eigenvalue weighted by atomic mass is 32.2. The van der Waals surface area contributed by atoms with Gasteiger partial charge in [-0.1, -0.05) is 37.1 Å². The number of carbonyl (C=O) groups is 3. The van der Waals surface area contributed by atoms with Gasteiger partial charge in [-0.3, -0.25) is 23.7 Å². The molecule has 7 rings (SSSR count). The number of anilines is 1. The van der Waals surface area contributed by atoms with Crippen molar-refractivity contribution in [1.29, 1.82) is 0 Å². The number of aryl methyl sites for hydroxylation is 1. The van der Waals surface area contributed by atoms with Crippen LogP contribution in [0.25, 0.3) is 11.0 Å². The van der Waals surface area contributed by atoms with Gasteiger partial charge in [-0.05, 0) is 82.7 Å². The number of rotatable bonds is 8. The zero-order chi connectivity index (χ0) is 39.3. The number of aromatic nitrogens is 2. The van der Waals surface area contributed by atoms with Crippen LogP contribution in [-0.4, -0.2) is 75.6 Å². The second-order valence-electron chi connectivity index (χ2n) is 15.2. The maximum atomic E-state index is 14.6. The third-order valence-corrected chi connectivity index (χ3v) is 13.5. The Morgan fingerprint density at radius 3 is 2.60 bits per heavy atom. The van der Waals surface area contributed by atoms with Gasteiger partial charge in [0, 0.05) is 24.6 Å². The lowest BCUT2D eigenvalue weighted by atomic mass is 10.0. The lowest BCUT2D eigenvalue weighted by Gasteiger charge is -2.30. The highest BCUT2D eigenvalue weighted by Crippen LogP contribution is 2.47. The molecule has 12 nitrogen and oxygen atoms in total. The molecule has 3 heterocycles. The van der Waals surface area contributed by atoms with Crippen molar-refractivity contribution in [1.82, 2.24) is 24.5 Å². The van der Waals surface area contributed by atoms with Crippen LogP contribution in [0.4, 0.5) is 23.2 Å². The van der Waals surface area contributed by atoms with E-state index in [1.54, 1.807) is 13.0 Å². The highest BCUT2D eigenvalue weighted by molar-refractivity contribution is 7.91. The van der Waals surface area contributed by atoms with Crippen LogP contribution >= 0.6 is 0 Å². The predicted molar refractivity (Wildman–Crippen MR) is 195 cm³/mol. The standard InChI is InChI=1S/C38H44F4N6O6S/c1-3-47-30-14-10-9-12-28(30)44-35(47)54-25-20-31-32(49)45-37(34(51)46-55(52,53)36(2)17-18-36)21-23(37)11-7-5-4-6-8-13-29(33(50)48(31)22-25)43-24-15-16-27(39)26(19-24)38(40,41)42/h7,9-12,14-16,19,23,25,29,31,43H,3-6,8,13,17-18,20-22H2,1-2H3,(H,45,49)(H,46,51)/b11-7-/t23-,25+,29-,31-,37+/m0/s1. The van der Waals surface area contributed by atoms with Crippen molar-refractivity contribution in [2.75, 3.05) is 11.9 Å². The number of hydrogen-bond acceptors (Lipinski definition) is 8. The van der Waals surface area contributed by atoms with Crippen LogP contribution in [0.1, 0.15) is 77.2 Å². The van der Waals surface area contributed by atoms with E-state index in [1.165, 1.54) is 4.90 Å². The van der Waals surface area contributed by atoms with Crippen LogP contribution in [0.5, 0.6) is 6.01 Å². The highest BCUT2D eigenvalue weighted by Gasteiger charge is 2.63. The van der Waals surface area contributed by atoms with Crippen LogP contribution < -0.4 is 20.1 Å². The summed E-state index contributed by atoms with van der Waals surface area (Å²) in [5.41, 5.74) is -1.70. The Balaban J connectivity index is 1.22. The van der Waals surface area contributed by atoms with Gasteiger partial charge in [-0.25, -0.2) is 12.8 Å². The summed E-state index contributed by atoms with van der Waals surface area (Å²) < 4.78 is 90.8. The smallest absolute Gasteiger partial charge is 0.419 e. The normalized spacial score (nSPS) is 27.6. The third kappa shape index (κ3) is 7.63. The molecule has 3 aromatic rings. The summed E-state index contributed by atoms with van der Waals surface area (Å²) in [5, 5.41) is 5.71. The molecular weight excluding hydrogens is 745 g/mol. The molecule has 3 amide bonds. The van der Waals surface area contributed by atoms with Crippen LogP contribution in [0.15, 0.2) is 54.6 Å². The first-order valence-electron chi connectivity index (χ1n) is 18.7. The van der Waals surface area contributed by atoms with Crippen molar-refractivity contribution in [3.63, 3.8) is 0 Å². The zero-order valence-electron chi connectivity index (χ0n) is 30.5. The number of carbonyl (C=O) groups excluding carboxylic acids is 3. The van der Waals surface area contributed by atoms with Gasteiger partial charge in [0.2, 0.25) is 21.8 Å². The van der Waals surface area contributed by atoms with Crippen LogP contribution in [0, 0.1) is 11.7 Å². The van der Waals surface area contributed by atoms with Gasteiger partial charge in [0.15, 0.2) is 0 Å². The number of para-hydroxylation sites is 2. The maximum absolute atomic E-state index is 14.6. The molecule has 3 fully saturated rings. The molecule has 5 atom stereocenters. The Labute approximate surface area is 316 Å². The summed E-state index contributed by atoms with van der Waals surface area (Å²) in [6.45, 7) is 3.87. The molecule has 0 bridgehead atoms. The summed E-state index contributed by atoms with van der Waals surface area (Å²) in [5.74, 6) is -4.12. The predicted octanol–water partition coefficient (Wildman–Crippen LogP) is 5.44. The van der Waals surface area contributed by atoms with Crippen LogP contribution in [-0.2, 0) is 37.1 Å². The minimum absolute atomic E-state index is 0.0272. The number of sulfonamides is 1. The van der Waals surface area contributed by atoms with Crippen molar-refractivity contribution in [2.24, 2.45) is 5.92 Å². The number of amides is 3. The zero-order valence-corrected chi connectivity index (χ0v) is 31.3. The van der Waals surface area contributed by atoms with E-state index in [0.717, 1.165) is 11.6 Å². The van der Waals surface area contributed by atoms with Crippen LogP contribution in [0.2, 0.25) is 0 Å². The summed E-state index contributed by atoms with van der Waals surface area (Å²) in [7, 11) is -4.04. The molecule has 3 N–H and O–H groups in total. The largest absolute Gasteiger partial charge is 0.459 e. The topological polar surface area (TPSA) is 152 Å². The molecule has 296 valence electrons. The van der Waals surface area contributed by atoms with E-state index in [1.807, 2.05) is 41.8 Å². The number of nitrogens with one attached hydrogen (secondary N) is 3. The molecule has 55 heavy (non-hydrogen) atoms. The molecule has 0 unspecified atom stereocenters. The van der Waals surface area contributed by atoms with Gasteiger partial charge in [0.25, 0.3) is 11.9 Å². The molecule has 2 aromatic carbocycles. The molecule has 2 saturated carbocycles. The number of hydrogen-bond donors (Lipinski definition) is 3. The Hall–Kier alpha value is -4.67. The van der Waals surface area contributed by atoms with Gasteiger partial charge < -0.3 is 20.3 Å². The van der Waals surface area contributed by atoms with E-state index < -0.39 is 79.7 Å². The summed E-state index contributed by atoms with van der Waals surface area (Å²) in [4.78, 5) is 48.7. The van der Waals surface area contributed by atoms with E-state index in [4.69, 9.17) is 4.74 Å². The number of benzene rings is 2. The second-order valence-corrected chi connectivity index (χ2v) is 17.4. The third-order valence-electron chi connectivity index (χ3n) is 11.3. The van der Waals surface area contributed by atoms with E-state index in [-0.39, 0.29) is 37.5 Å². The number of ether oxygens (including phenoxy) is 1. The molecule has 17 heteroatoms. The molecule has 1 saturated heterocycles. The molecule has 2 aliphatic heterocycles. The SMILES string of the molecule is CCn1c(O[C@@H]2C[C@H]3C(=O)N[C@]4(C(=O)NS(=O)(=O)C5(C)CC5)C[C@@H]4/C=C\CCCCC[C@H](Nc4ccc(F)c(C(F)(F)F)c4)C(=O)N3C2)nc2ccccc21. The van der Waals surface area contributed by atoms with Gasteiger partial charge in [0.05, 0.1) is 27.9 Å². The quantitative estimate of drug-likeness (QED) is 0.202. The Kier molecular flexibility index (Phi) is 10.1. The molecule has 1 aromatic heterocycles. The summed E-state index contributed by atoms with van der Waals surface area (Å²) >= 11 is 0. The number of allylic oxidation sites excluding steroid dienone is 1. The number of nitrogens with zero attached hydrogens (tertiary/aromatic N) is 3. The van der Waals surface area contributed by atoms with Crippen molar-refractivity contribution < 1.29 is 45.1 Å². The van der Waals surface area contributed by atoms with Crippen molar-refractivity contribution in [2.45, 2.75) is 113 Å². The second kappa shape index (κ2) is 14.4. The minimum atomic E-state index is -4.97. The molecule has 4 aliphatic rings. The fraction of sp³-hybridized carbons (Fsp3) is 0.526. The van der Waals surface area contributed by atoms with Gasteiger partial charge in [0.1, 0.15) is 29.5 Å². The van der Waals surface area contributed by atoms with Crippen molar-refractivity contribution in [3.8, 4) is 6.01 Å². The molecule has 2 aliphatic carbocycles. The lowest BCUT2D eigenvalue weighted by molar-refractivity contribution is -0.140. The molecule has 0 spiro atoms. The number of alkyl halides is 3. The molecule has 0 radical (unpaired) electrons. The van der Waals surface area contributed by atoms with E-state index >= 15 is 0 Å².